The molecule has 0 atom stereocenters. The summed E-state index contributed by atoms with van der Waals surface area (Å²) in [5.41, 5.74) is 0. The Labute approximate surface area is 179 Å². The van der Waals surface area contributed by atoms with Crippen LogP contribution < -0.4 is 0 Å². The Hall–Kier alpha value is -0.953. The van der Waals surface area contributed by atoms with Crippen molar-refractivity contribution in [2.75, 3.05) is 26.4 Å². The highest BCUT2D eigenvalue weighted by atomic mass is 28.4. The Balaban J connectivity index is 2.87. The maximum Gasteiger partial charge on any atom is 0.536 e. The van der Waals surface area contributed by atoms with Crippen LogP contribution in [0.1, 0.15) is 91.4 Å². The van der Waals surface area contributed by atoms with Gasteiger partial charge in [-0.2, -0.15) is 0 Å². The van der Waals surface area contributed by atoms with E-state index in [0.717, 1.165) is 50.1 Å². The molecule has 0 spiro atoms. The maximum atomic E-state index is 11.7. The van der Waals surface area contributed by atoms with Gasteiger partial charge < -0.3 is 18.0 Å². The smallest absolute Gasteiger partial charge is 0.466 e. The van der Waals surface area contributed by atoms with Crippen molar-refractivity contribution in [3.05, 3.63) is 23.4 Å². The molecule has 1 aliphatic rings. The zero-order valence-corrected chi connectivity index (χ0v) is 19.9. The number of hydrogen-bond acceptors (Lipinski definition) is 5. The minimum Gasteiger partial charge on any atom is -0.466 e. The van der Waals surface area contributed by atoms with Gasteiger partial charge in [-0.15, -0.1) is 0 Å². The average Bonchev–Trinajstić information content (AvgIpc) is 2.70. The molecule has 0 saturated heterocycles. The van der Waals surface area contributed by atoms with Crippen molar-refractivity contribution in [3.8, 4) is 0 Å². The summed E-state index contributed by atoms with van der Waals surface area (Å²) < 4.78 is 23.7. The van der Waals surface area contributed by atoms with Crippen molar-refractivity contribution < 1.29 is 22.8 Å². The molecule has 5 nitrogen and oxygen atoms in total. The van der Waals surface area contributed by atoms with Crippen molar-refractivity contribution in [2.45, 2.75) is 91.4 Å². The number of allylic oxidation sites excluding steroid dienone is 4. The van der Waals surface area contributed by atoms with E-state index in [1.165, 1.54) is 19.3 Å². The summed E-state index contributed by atoms with van der Waals surface area (Å²) in [6.07, 6.45) is 17.8. The molecule has 1 rings (SSSR count). The minimum absolute atomic E-state index is 0.0483. The summed E-state index contributed by atoms with van der Waals surface area (Å²) in [4.78, 5) is 11.7. The third-order valence-corrected chi connectivity index (χ3v) is 7.97. The number of carbonyl (C=O) groups excluding carboxylic acids is 1. The van der Waals surface area contributed by atoms with Gasteiger partial charge in [-0.3, -0.25) is 4.79 Å². The third kappa shape index (κ3) is 11.1. The van der Waals surface area contributed by atoms with E-state index in [1.54, 1.807) is 0 Å². The van der Waals surface area contributed by atoms with Gasteiger partial charge >= 0.3 is 14.8 Å². The van der Waals surface area contributed by atoms with Crippen LogP contribution in [0.3, 0.4) is 0 Å². The van der Waals surface area contributed by atoms with E-state index < -0.39 is 8.80 Å². The van der Waals surface area contributed by atoms with Crippen molar-refractivity contribution >= 4 is 14.8 Å². The first-order valence-electron chi connectivity index (χ1n) is 11.6. The molecule has 0 N–H and O–H groups in total. The summed E-state index contributed by atoms with van der Waals surface area (Å²) in [5.74, 6) is -0.0483. The van der Waals surface area contributed by atoms with Crippen LogP contribution in [0.15, 0.2) is 23.4 Å². The number of cyclic esters (lactones) is 1. The zero-order valence-electron chi connectivity index (χ0n) is 18.9. The van der Waals surface area contributed by atoms with E-state index in [0.29, 0.717) is 32.8 Å². The van der Waals surface area contributed by atoms with Crippen LogP contribution in [0.4, 0.5) is 0 Å². The second kappa shape index (κ2) is 16.8. The van der Waals surface area contributed by atoms with Crippen molar-refractivity contribution in [1.29, 1.82) is 0 Å². The quantitative estimate of drug-likeness (QED) is 0.374. The Kier molecular flexibility index (Phi) is 15.1. The summed E-state index contributed by atoms with van der Waals surface area (Å²) in [5, 5.41) is 1.08. The maximum absolute atomic E-state index is 11.7. The lowest BCUT2D eigenvalue weighted by Gasteiger charge is -2.29. The van der Waals surface area contributed by atoms with E-state index in [2.05, 4.69) is 18.2 Å². The van der Waals surface area contributed by atoms with E-state index in [-0.39, 0.29) is 5.97 Å². The van der Waals surface area contributed by atoms with Crippen LogP contribution >= 0.6 is 0 Å². The van der Waals surface area contributed by atoms with Gasteiger partial charge in [-0.05, 0) is 59.3 Å². The number of hydrogen-bond donors (Lipinski definition) is 0. The monoisotopic (exact) mass is 426 g/mol. The first kappa shape index (κ1) is 26.1. The molecule has 1 aliphatic heterocycles. The molecule has 0 radical (unpaired) electrons. The summed E-state index contributed by atoms with van der Waals surface area (Å²) in [6, 6.07) is 0. The predicted molar refractivity (Wildman–Crippen MR) is 120 cm³/mol. The molecule has 0 bridgehead atoms. The van der Waals surface area contributed by atoms with Crippen molar-refractivity contribution in [2.24, 2.45) is 0 Å². The summed E-state index contributed by atoms with van der Waals surface area (Å²) in [6.45, 7) is 8.21. The van der Waals surface area contributed by atoms with Crippen LogP contribution in [0.25, 0.3) is 0 Å². The second-order valence-electron chi connectivity index (χ2n) is 7.29. The van der Waals surface area contributed by atoms with Gasteiger partial charge in [-0.25, -0.2) is 0 Å². The fourth-order valence-corrected chi connectivity index (χ4v) is 6.06. The Morgan fingerprint density at radius 2 is 1.41 bits per heavy atom. The second-order valence-corrected chi connectivity index (χ2v) is 9.85. The SMILES string of the molecule is CCO[Si](OCC)(OCC)C1=C\CCCCCCCCC(=O)OCCCC\C=C\1. The van der Waals surface area contributed by atoms with Crippen molar-refractivity contribution in [3.63, 3.8) is 0 Å². The standard InChI is InChI=1S/C23H42O5Si/c1-4-26-29(27-5-2,28-6-3)22-18-14-10-8-7-9-11-16-20-23(24)25-21-17-13-12-15-19-22/h15,18-19H,4-14,16-17,20-21H2,1-3H3/b19-15+,22-18-. The van der Waals surface area contributed by atoms with Gasteiger partial charge in [0.15, 0.2) is 0 Å². The summed E-state index contributed by atoms with van der Waals surface area (Å²) in [7, 11) is -2.88. The van der Waals surface area contributed by atoms with Gasteiger partial charge in [0, 0.05) is 31.4 Å². The van der Waals surface area contributed by atoms with E-state index in [9.17, 15) is 4.79 Å². The van der Waals surface area contributed by atoms with E-state index in [1.807, 2.05) is 20.8 Å². The lowest BCUT2D eigenvalue weighted by molar-refractivity contribution is -0.143. The first-order chi connectivity index (χ1) is 14.2. The summed E-state index contributed by atoms with van der Waals surface area (Å²) >= 11 is 0. The molecule has 29 heavy (non-hydrogen) atoms. The molecule has 6 heteroatoms. The fraction of sp³-hybridized carbons (Fsp3) is 0.783. The molecule has 0 fully saturated rings. The minimum atomic E-state index is -2.88. The highest BCUT2D eigenvalue weighted by Crippen LogP contribution is 2.24. The van der Waals surface area contributed by atoms with Gasteiger partial charge in [0.05, 0.1) is 6.61 Å². The number of rotatable bonds is 7. The normalized spacial score (nSPS) is 22.0. The average molecular weight is 427 g/mol. The lowest BCUT2D eigenvalue weighted by atomic mass is 10.1. The van der Waals surface area contributed by atoms with Crippen LogP contribution in [0.2, 0.25) is 0 Å². The highest BCUT2D eigenvalue weighted by molar-refractivity contribution is 6.69. The Morgan fingerprint density at radius 3 is 2.07 bits per heavy atom. The molecule has 0 aliphatic carbocycles. The Morgan fingerprint density at radius 1 is 0.828 bits per heavy atom. The van der Waals surface area contributed by atoms with Gasteiger partial charge in [-0.1, -0.05) is 43.9 Å². The Bertz CT molecular complexity index is 473. The van der Waals surface area contributed by atoms with Crippen LogP contribution in [0, 0.1) is 0 Å². The molecule has 0 saturated carbocycles. The van der Waals surface area contributed by atoms with Crippen molar-refractivity contribution in [1.82, 2.24) is 0 Å². The molecule has 0 unspecified atom stereocenters. The molecule has 0 aromatic heterocycles. The van der Waals surface area contributed by atoms with Crippen LogP contribution in [-0.2, 0) is 22.8 Å². The number of carbonyl (C=O) groups is 1. The predicted octanol–water partition coefficient (Wildman–Crippen LogP) is 5.90. The topological polar surface area (TPSA) is 54.0 Å². The van der Waals surface area contributed by atoms with E-state index >= 15 is 0 Å². The van der Waals surface area contributed by atoms with Gasteiger partial charge in [0.2, 0.25) is 0 Å². The van der Waals surface area contributed by atoms with Crippen LogP contribution in [0.5, 0.6) is 0 Å². The van der Waals surface area contributed by atoms with Gasteiger partial charge in [0.25, 0.3) is 0 Å². The highest BCUT2D eigenvalue weighted by Gasteiger charge is 2.43. The largest absolute Gasteiger partial charge is 0.536 e. The lowest BCUT2D eigenvalue weighted by Crippen LogP contribution is -2.48. The first-order valence-corrected chi connectivity index (χ1v) is 13.4. The van der Waals surface area contributed by atoms with Crippen LogP contribution in [-0.4, -0.2) is 41.2 Å². The van der Waals surface area contributed by atoms with E-state index in [4.69, 9.17) is 18.0 Å². The molecule has 0 amide bonds. The van der Waals surface area contributed by atoms with Gasteiger partial charge in [0.1, 0.15) is 0 Å². The molecule has 0 aromatic rings. The third-order valence-electron chi connectivity index (χ3n) is 4.88. The number of ether oxygens (including phenoxy) is 1. The molecule has 168 valence electrons. The molecule has 1 heterocycles. The molecule has 0 aromatic carbocycles. The number of esters is 1. The molecular formula is C23H42O5Si. The zero-order chi connectivity index (χ0) is 21.2. The molecular weight excluding hydrogens is 384 g/mol. The fourth-order valence-electron chi connectivity index (χ4n) is 3.45.